The number of quaternary nitrogens is 1. The molecule has 0 aliphatic rings. The van der Waals surface area contributed by atoms with Crippen LogP contribution < -0.4 is 22.1 Å². The molecule has 0 fully saturated rings. The van der Waals surface area contributed by atoms with E-state index in [0.29, 0.717) is 13.1 Å². The van der Waals surface area contributed by atoms with Crippen molar-refractivity contribution in [2.75, 3.05) is 40.3 Å². The van der Waals surface area contributed by atoms with E-state index >= 15 is 0 Å². The zero-order chi connectivity index (χ0) is 12.6. The van der Waals surface area contributed by atoms with Crippen molar-refractivity contribution in [3.05, 3.63) is 0 Å². The maximum atomic E-state index is 10.5. The van der Waals surface area contributed by atoms with Gasteiger partial charge < -0.3 is 26.6 Å². The molecule has 0 rings (SSSR count). The minimum absolute atomic E-state index is 0.499. The van der Waals surface area contributed by atoms with E-state index in [4.69, 9.17) is 11.5 Å². The predicted molar refractivity (Wildman–Crippen MR) is 61.6 cm³/mol. The van der Waals surface area contributed by atoms with Gasteiger partial charge in [0.25, 0.3) is 0 Å². The third-order valence-corrected chi connectivity index (χ3v) is 2.26. The minimum Gasteiger partial charge on any atom is -0.352 e. The summed E-state index contributed by atoms with van der Waals surface area (Å²) in [6.45, 7) is 2.80. The average molecular weight is 232 g/mol. The van der Waals surface area contributed by atoms with Gasteiger partial charge in [-0.3, -0.25) is 0 Å². The van der Waals surface area contributed by atoms with Crippen LogP contribution in [0.25, 0.3) is 0 Å². The highest BCUT2D eigenvalue weighted by Gasteiger charge is 2.14. The molecule has 0 saturated carbocycles. The number of carbonyl (C=O) groups is 2. The van der Waals surface area contributed by atoms with Crippen molar-refractivity contribution in [3.63, 3.8) is 0 Å². The second kappa shape index (κ2) is 6.89. The van der Waals surface area contributed by atoms with E-state index in [0.717, 1.165) is 24.0 Å². The Labute approximate surface area is 95.7 Å². The van der Waals surface area contributed by atoms with E-state index in [1.807, 2.05) is 14.1 Å². The van der Waals surface area contributed by atoms with Gasteiger partial charge >= 0.3 is 12.1 Å². The van der Waals surface area contributed by atoms with E-state index in [9.17, 15) is 9.59 Å². The standard InChI is InChI=1S/C9H21N5O2/c1-14(2,7-5-13-9(11)16)6-3-4-12-8(10)15/h3-7H2,1-2H3,(H5-,10,11,12,13,15,16)/p+1. The van der Waals surface area contributed by atoms with Gasteiger partial charge in [0, 0.05) is 13.0 Å². The smallest absolute Gasteiger partial charge is 0.312 e. The lowest BCUT2D eigenvalue weighted by Crippen LogP contribution is -2.47. The summed E-state index contributed by atoms with van der Waals surface area (Å²) in [5.41, 5.74) is 9.90. The van der Waals surface area contributed by atoms with Crippen LogP contribution in [-0.4, -0.2) is 56.8 Å². The number of carbonyl (C=O) groups excluding carboxylic acids is 2. The molecule has 0 aliphatic heterocycles. The van der Waals surface area contributed by atoms with Crippen LogP contribution in [0.5, 0.6) is 0 Å². The predicted octanol–water partition coefficient (Wildman–Crippen LogP) is -1.21. The van der Waals surface area contributed by atoms with E-state index in [2.05, 4.69) is 10.6 Å². The van der Waals surface area contributed by atoms with Crippen molar-refractivity contribution in [1.29, 1.82) is 0 Å². The van der Waals surface area contributed by atoms with E-state index < -0.39 is 12.1 Å². The monoisotopic (exact) mass is 232 g/mol. The molecule has 0 radical (unpaired) electrons. The number of likely N-dealkylation sites (N-methyl/N-ethyl adjacent to an activating group) is 1. The quantitative estimate of drug-likeness (QED) is 0.326. The van der Waals surface area contributed by atoms with Crippen molar-refractivity contribution in [1.82, 2.24) is 10.6 Å². The van der Waals surface area contributed by atoms with Crippen LogP contribution in [0.15, 0.2) is 0 Å². The Balaban J connectivity index is 3.61. The number of nitrogens with zero attached hydrogens (tertiary/aromatic N) is 1. The van der Waals surface area contributed by atoms with Crippen LogP contribution in [0.3, 0.4) is 0 Å². The molecule has 0 heterocycles. The minimum atomic E-state index is -0.504. The molecule has 0 spiro atoms. The fraction of sp³-hybridized carbons (Fsp3) is 0.778. The Kier molecular flexibility index (Phi) is 6.24. The van der Waals surface area contributed by atoms with Gasteiger partial charge in [-0.05, 0) is 0 Å². The first-order valence-electron chi connectivity index (χ1n) is 5.22. The highest BCUT2D eigenvalue weighted by molar-refractivity contribution is 5.71. The van der Waals surface area contributed by atoms with Gasteiger partial charge in [0.05, 0.1) is 33.7 Å². The molecule has 0 aromatic heterocycles. The summed E-state index contributed by atoms with van der Waals surface area (Å²) in [5.74, 6) is 0. The van der Waals surface area contributed by atoms with E-state index in [1.54, 1.807) is 0 Å². The molecule has 0 unspecified atom stereocenters. The number of amides is 4. The van der Waals surface area contributed by atoms with Crippen molar-refractivity contribution >= 4 is 12.1 Å². The van der Waals surface area contributed by atoms with Gasteiger partial charge in [0.1, 0.15) is 0 Å². The zero-order valence-corrected chi connectivity index (χ0v) is 9.95. The molecular formula is C9H22N5O2+. The fourth-order valence-electron chi connectivity index (χ4n) is 1.31. The second-order valence-electron chi connectivity index (χ2n) is 4.32. The van der Waals surface area contributed by atoms with Crippen molar-refractivity contribution in [3.8, 4) is 0 Å². The van der Waals surface area contributed by atoms with Crippen molar-refractivity contribution < 1.29 is 14.1 Å². The topological polar surface area (TPSA) is 110 Å². The Morgan fingerprint density at radius 2 is 1.50 bits per heavy atom. The third-order valence-electron chi connectivity index (χ3n) is 2.26. The molecule has 0 aromatic rings. The van der Waals surface area contributed by atoms with E-state index in [-0.39, 0.29) is 0 Å². The lowest BCUT2D eigenvalue weighted by molar-refractivity contribution is -0.889. The Hall–Kier alpha value is -1.50. The molecule has 7 nitrogen and oxygen atoms in total. The maximum absolute atomic E-state index is 10.5. The molecule has 6 N–H and O–H groups in total. The number of urea groups is 2. The first-order valence-corrected chi connectivity index (χ1v) is 5.22. The van der Waals surface area contributed by atoms with Gasteiger partial charge in [0.2, 0.25) is 0 Å². The molecule has 7 heteroatoms. The van der Waals surface area contributed by atoms with Gasteiger partial charge in [0.15, 0.2) is 0 Å². The van der Waals surface area contributed by atoms with Crippen LogP contribution >= 0.6 is 0 Å². The highest BCUT2D eigenvalue weighted by atomic mass is 16.2. The first-order chi connectivity index (χ1) is 7.33. The summed E-state index contributed by atoms with van der Waals surface area (Å²) in [4.78, 5) is 20.9. The van der Waals surface area contributed by atoms with Crippen LogP contribution in [0.1, 0.15) is 6.42 Å². The number of nitrogens with two attached hydrogens (primary N) is 2. The van der Waals surface area contributed by atoms with Crippen LogP contribution in [0, 0.1) is 0 Å². The Bertz CT molecular complexity index is 242. The first kappa shape index (κ1) is 14.5. The Morgan fingerprint density at radius 1 is 1.00 bits per heavy atom. The Morgan fingerprint density at radius 3 is 2.00 bits per heavy atom. The number of nitrogens with one attached hydrogen (secondary N) is 2. The van der Waals surface area contributed by atoms with E-state index in [1.165, 1.54) is 0 Å². The summed E-state index contributed by atoms with van der Waals surface area (Å²) < 4.78 is 0.751. The van der Waals surface area contributed by atoms with Crippen molar-refractivity contribution in [2.45, 2.75) is 6.42 Å². The largest absolute Gasteiger partial charge is 0.352 e. The van der Waals surface area contributed by atoms with Crippen molar-refractivity contribution in [2.24, 2.45) is 11.5 Å². The zero-order valence-electron chi connectivity index (χ0n) is 9.95. The summed E-state index contributed by atoms with van der Waals surface area (Å²) >= 11 is 0. The normalized spacial score (nSPS) is 10.9. The fourth-order valence-corrected chi connectivity index (χ4v) is 1.31. The molecule has 0 aromatic carbocycles. The number of hydrogen-bond donors (Lipinski definition) is 4. The lowest BCUT2D eigenvalue weighted by atomic mass is 10.3. The SMILES string of the molecule is C[N+](C)(CCCNC(N)=O)CCNC(N)=O. The third kappa shape index (κ3) is 9.07. The molecule has 0 aliphatic carbocycles. The van der Waals surface area contributed by atoms with Crippen LogP contribution in [0.2, 0.25) is 0 Å². The van der Waals surface area contributed by atoms with Gasteiger partial charge in [-0.1, -0.05) is 0 Å². The summed E-state index contributed by atoms with van der Waals surface area (Å²) in [7, 11) is 4.10. The molecule has 94 valence electrons. The van der Waals surface area contributed by atoms with Gasteiger partial charge in [-0.25, -0.2) is 9.59 Å². The highest BCUT2D eigenvalue weighted by Crippen LogP contribution is 1.97. The molecule has 4 amide bonds. The molecule has 0 bridgehead atoms. The van der Waals surface area contributed by atoms with Crippen LogP contribution in [0.4, 0.5) is 9.59 Å². The summed E-state index contributed by atoms with van der Waals surface area (Å²) in [6.07, 6.45) is 0.840. The molecule has 16 heavy (non-hydrogen) atoms. The summed E-state index contributed by atoms with van der Waals surface area (Å²) in [5, 5.41) is 5.08. The maximum Gasteiger partial charge on any atom is 0.312 e. The van der Waals surface area contributed by atoms with Gasteiger partial charge in [-0.15, -0.1) is 0 Å². The number of primary amides is 2. The number of rotatable bonds is 7. The number of hydrogen-bond acceptors (Lipinski definition) is 2. The van der Waals surface area contributed by atoms with Crippen LogP contribution in [-0.2, 0) is 0 Å². The average Bonchev–Trinajstić information content (AvgIpc) is 2.11. The summed E-state index contributed by atoms with van der Waals surface area (Å²) in [6, 6.07) is -1.00. The molecule has 0 atom stereocenters. The molecular weight excluding hydrogens is 210 g/mol. The lowest BCUT2D eigenvalue weighted by Gasteiger charge is -2.29. The molecule has 0 saturated heterocycles. The van der Waals surface area contributed by atoms with Gasteiger partial charge in [-0.2, -0.15) is 0 Å². The second-order valence-corrected chi connectivity index (χ2v) is 4.32.